The van der Waals surface area contributed by atoms with Crippen LogP contribution in [0.5, 0.6) is 11.5 Å². The molecule has 0 aliphatic carbocycles. The highest BCUT2D eigenvalue weighted by Gasteiger charge is 2.42. The summed E-state index contributed by atoms with van der Waals surface area (Å²) in [7, 11) is 1.61. The quantitative estimate of drug-likeness (QED) is 0.289. The van der Waals surface area contributed by atoms with Crippen LogP contribution in [0, 0.1) is 10.1 Å². The number of nitro groups is 1. The number of hydrogen-bond acceptors (Lipinski definition) is 7. The first-order valence-corrected chi connectivity index (χ1v) is 11.4. The molecule has 0 radical (unpaired) electrons. The second kappa shape index (κ2) is 8.20. The molecule has 32 heavy (non-hydrogen) atoms. The number of hydrogen-bond donors (Lipinski definition) is 0. The van der Waals surface area contributed by atoms with Crippen molar-refractivity contribution in [2.24, 2.45) is 5.10 Å². The maximum absolute atomic E-state index is 11.4. The molecule has 0 spiro atoms. The molecule has 2 atom stereocenters. The summed E-state index contributed by atoms with van der Waals surface area (Å²) in [5.74, 6) is 1.29. The number of nitro benzene ring substituents is 1. The van der Waals surface area contributed by atoms with Gasteiger partial charge in [-0.15, -0.1) is 11.8 Å². The summed E-state index contributed by atoms with van der Waals surface area (Å²) >= 11 is 1.70. The van der Waals surface area contributed by atoms with Crippen molar-refractivity contribution in [1.29, 1.82) is 0 Å². The SMILES string of the molecule is COc1cccc2c1OC(c1cccc([N+](=O)[O-])c1)N1N=C(c3ccc(SC)cc3)CC21. The van der Waals surface area contributed by atoms with Gasteiger partial charge in [0.15, 0.2) is 11.5 Å². The molecule has 2 aliphatic rings. The Labute approximate surface area is 189 Å². The molecular weight excluding hydrogens is 426 g/mol. The van der Waals surface area contributed by atoms with E-state index >= 15 is 0 Å². The van der Waals surface area contributed by atoms with Gasteiger partial charge in [0.1, 0.15) is 0 Å². The van der Waals surface area contributed by atoms with Crippen molar-refractivity contribution in [2.45, 2.75) is 23.6 Å². The van der Waals surface area contributed by atoms with Crippen molar-refractivity contribution in [3.05, 3.63) is 93.5 Å². The van der Waals surface area contributed by atoms with E-state index in [2.05, 4.69) is 24.3 Å². The van der Waals surface area contributed by atoms with Gasteiger partial charge in [-0.3, -0.25) is 10.1 Å². The minimum atomic E-state index is -0.605. The largest absolute Gasteiger partial charge is 0.493 e. The van der Waals surface area contributed by atoms with E-state index < -0.39 is 11.2 Å². The van der Waals surface area contributed by atoms with Crippen LogP contribution in [-0.4, -0.2) is 29.0 Å². The minimum absolute atomic E-state index is 0.0181. The Hall–Kier alpha value is -3.52. The van der Waals surface area contributed by atoms with E-state index in [0.717, 1.165) is 16.8 Å². The zero-order valence-corrected chi connectivity index (χ0v) is 18.4. The van der Waals surface area contributed by atoms with Crippen LogP contribution in [-0.2, 0) is 0 Å². The van der Waals surface area contributed by atoms with Crippen LogP contribution >= 0.6 is 11.8 Å². The predicted octanol–water partition coefficient (Wildman–Crippen LogP) is 5.57. The Kier molecular flexibility index (Phi) is 5.22. The van der Waals surface area contributed by atoms with Crippen molar-refractivity contribution in [1.82, 2.24) is 5.01 Å². The lowest BCUT2D eigenvalue weighted by atomic mass is 9.95. The van der Waals surface area contributed by atoms with E-state index in [1.807, 2.05) is 35.5 Å². The van der Waals surface area contributed by atoms with Crippen LogP contribution < -0.4 is 9.47 Å². The highest BCUT2D eigenvalue weighted by Crippen LogP contribution is 2.50. The first-order valence-electron chi connectivity index (χ1n) is 10.2. The van der Waals surface area contributed by atoms with Crippen LogP contribution in [0.4, 0.5) is 5.69 Å². The molecule has 0 amide bonds. The molecule has 162 valence electrons. The smallest absolute Gasteiger partial charge is 0.269 e. The third-order valence-corrected chi connectivity index (χ3v) is 6.53. The van der Waals surface area contributed by atoms with Crippen LogP contribution in [0.3, 0.4) is 0 Å². The van der Waals surface area contributed by atoms with Gasteiger partial charge in [-0.2, -0.15) is 5.10 Å². The van der Waals surface area contributed by atoms with Gasteiger partial charge in [0.25, 0.3) is 5.69 Å². The zero-order valence-electron chi connectivity index (χ0n) is 17.6. The lowest BCUT2D eigenvalue weighted by Crippen LogP contribution is -2.33. The maximum atomic E-state index is 11.4. The first kappa shape index (κ1) is 20.4. The standard InChI is InChI=1S/C24H21N3O4S/c1-30-22-8-4-7-19-21-14-20(15-9-11-18(32-2)12-10-15)25-26(21)24(31-23(19)22)16-5-3-6-17(13-16)27(28)29/h3-13,21,24H,14H2,1-2H3. The molecular formula is C24H21N3O4S. The van der Waals surface area contributed by atoms with E-state index in [1.54, 1.807) is 31.0 Å². The highest BCUT2D eigenvalue weighted by molar-refractivity contribution is 7.98. The van der Waals surface area contributed by atoms with Gasteiger partial charge in [-0.25, -0.2) is 5.01 Å². The van der Waals surface area contributed by atoms with E-state index in [1.165, 1.54) is 11.0 Å². The van der Waals surface area contributed by atoms with Gasteiger partial charge in [-0.05, 0) is 30.0 Å². The van der Waals surface area contributed by atoms with Crippen LogP contribution in [0.1, 0.15) is 35.4 Å². The Bertz CT molecular complexity index is 1210. The molecule has 0 fully saturated rings. The van der Waals surface area contributed by atoms with E-state index in [4.69, 9.17) is 14.6 Å². The van der Waals surface area contributed by atoms with E-state index in [0.29, 0.717) is 23.5 Å². The topological polar surface area (TPSA) is 77.2 Å². The van der Waals surface area contributed by atoms with E-state index in [-0.39, 0.29) is 11.7 Å². The van der Waals surface area contributed by atoms with E-state index in [9.17, 15) is 10.1 Å². The molecule has 2 aliphatic heterocycles. The third kappa shape index (κ3) is 3.46. The number of rotatable bonds is 5. The number of thioether (sulfide) groups is 1. The fourth-order valence-corrected chi connectivity index (χ4v) is 4.62. The normalized spacial score (nSPS) is 18.9. The predicted molar refractivity (Wildman–Crippen MR) is 123 cm³/mol. The highest BCUT2D eigenvalue weighted by atomic mass is 32.2. The van der Waals surface area contributed by atoms with Crippen molar-refractivity contribution >= 4 is 23.2 Å². The number of para-hydroxylation sites is 1. The lowest BCUT2D eigenvalue weighted by molar-refractivity contribution is -0.385. The minimum Gasteiger partial charge on any atom is -0.493 e. The first-order chi connectivity index (χ1) is 15.6. The number of non-ortho nitro benzene ring substituents is 1. The van der Waals surface area contributed by atoms with Gasteiger partial charge in [-0.1, -0.05) is 36.4 Å². The Morgan fingerprint density at radius 2 is 1.94 bits per heavy atom. The van der Waals surface area contributed by atoms with Crippen molar-refractivity contribution in [3.63, 3.8) is 0 Å². The fraction of sp³-hybridized carbons (Fsp3) is 0.208. The molecule has 0 bridgehead atoms. The molecule has 0 saturated carbocycles. The second-order valence-corrected chi connectivity index (χ2v) is 8.46. The summed E-state index contributed by atoms with van der Waals surface area (Å²) in [5.41, 5.74) is 3.69. The Morgan fingerprint density at radius 3 is 2.66 bits per heavy atom. The summed E-state index contributed by atoms with van der Waals surface area (Å²) in [6, 6.07) is 20.6. The Balaban J connectivity index is 1.60. The average Bonchev–Trinajstić information content (AvgIpc) is 3.29. The van der Waals surface area contributed by atoms with Gasteiger partial charge >= 0.3 is 0 Å². The van der Waals surface area contributed by atoms with Crippen molar-refractivity contribution < 1.29 is 14.4 Å². The Morgan fingerprint density at radius 1 is 1.16 bits per heavy atom. The summed E-state index contributed by atoms with van der Waals surface area (Å²) in [6.45, 7) is 0. The molecule has 0 saturated heterocycles. The molecule has 5 rings (SSSR count). The van der Waals surface area contributed by atoms with Crippen molar-refractivity contribution in [2.75, 3.05) is 13.4 Å². The molecule has 3 aromatic carbocycles. The molecule has 2 unspecified atom stereocenters. The number of ether oxygens (including phenoxy) is 2. The molecule has 0 aromatic heterocycles. The molecule has 3 aromatic rings. The molecule has 0 N–H and O–H groups in total. The van der Waals surface area contributed by atoms with Gasteiger partial charge in [0.2, 0.25) is 6.23 Å². The number of hydrazone groups is 1. The zero-order chi connectivity index (χ0) is 22.2. The van der Waals surface area contributed by atoms with Crippen LogP contribution in [0.2, 0.25) is 0 Å². The van der Waals surface area contributed by atoms with Crippen LogP contribution in [0.25, 0.3) is 0 Å². The second-order valence-electron chi connectivity index (χ2n) is 7.58. The monoisotopic (exact) mass is 447 g/mol. The molecule has 2 heterocycles. The summed E-state index contributed by atoms with van der Waals surface area (Å²) in [6.07, 6.45) is 2.15. The summed E-state index contributed by atoms with van der Waals surface area (Å²) < 4.78 is 11.9. The number of benzene rings is 3. The molecule has 7 nitrogen and oxygen atoms in total. The number of fused-ring (bicyclic) bond motifs is 3. The molecule has 8 heteroatoms. The van der Waals surface area contributed by atoms with Gasteiger partial charge in [0.05, 0.1) is 23.8 Å². The third-order valence-electron chi connectivity index (χ3n) is 5.79. The lowest BCUT2D eigenvalue weighted by Gasteiger charge is -2.38. The number of methoxy groups -OCH3 is 1. The van der Waals surface area contributed by atoms with Gasteiger partial charge < -0.3 is 9.47 Å². The number of nitrogens with zero attached hydrogens (tertiary/aromatic N) is 3. The maximum Gasteiger partial charge on any atom is 0.269 e. The van der Waals surface area contributed by atoms with Crippen molar-refractivity contribution in [3.8, 4) is 11.5 Å². The van der Waals surface area contributed by atoms with Crippen LogP contribution in [0.15, 0.2) is 76.7 Å². The fourth-order valence-electron chi connectivity index (χ4n) is 4.21. The summed E-state index contributed by atoms with van der Waals surface area (Å²) in [5, 5.41) is 18.2. The summed E-state index contributed by atoms with van der Waals surface area (Å²) in [4.78, 5) is 12.1. The average molecular weight is 448 g/mol. The van der Waals surface area contributed by atoms with Gasteiger partial charge in [0, 0.05) is 34.6 Å².